The van der Waals surface area contributed by atoms with E-state index >= 15 is 0 Å². The van der Waals surface area contributed by atoms with Crippen molar-refractivity contribution in [3.8, 4) is 0 Å². The second kappa shape index (κ2) is 10.2. The Morgan fingerprint density at radius 3 is 2.39 bits per heavy atom. The summed E-state index contributed by atoms with van der Waals surface area (Å²) in [5.41, 5.74) is 5.32. The third-order valence-corrected chi connectivity index (χ3v) is 4.45. The second-order valence-corrected chi connectivity index (χ2v) is 6.26. The first-order valence-corrected chi connectivity index (χ1v) is 9.25. The normalized spacial score (nSPS) is 12.4. The molecule has 1 fully saturated rings. The molecule has 2 heterocycles. The molecule has 28 heavy (non-hydrogen) atoms. The van der Waals surface area contributed by atoms with E-state index in [-0.39, 0.29) is 0 Å². The summed E-state index contributed by atoms with van der Waals surface area (Å²) in [6.07, 6.45) is 6.11. The van der Waals surface area contributed by atoms with Crippen molar-refractivity contribution in [3.63, 3.8) is 0 Å². The van der Waals surface area contributed by atoms with Crippen molar-refractivity contribution >= 4 is 42.1 Å². The van der Waals surface area contributed by atoms with E-state index in [9.17, 15) is 0 Å². The minimum absolute atomic E-state index is 0.511. The smallest absolute Gasteiger partial charge is 0.229 e. The number of nitrogens with one attached hydrogen (secondary N) is 2. The van der Waals surface area contributed by atoms with Crippen molar-refractivity contribution in [2.45, 2.75) is 45.6 Å². The average Bonchev–Trinajstić information content (AvgIpc) is 3.44. The van der Waals surface area contributed by atoms with Crippen molar-refractivity contribution in [2.24, 2.45) is 0 Å². The number of aromatic nitrogens is 2. The highest BCUT2D eigenvalue weighted by Gasteiger charge is 2.23. The number of hydrogen-bond donors (Lipinski definition) is 2. The summed E-state index contributed by atoms with van der Waals surface area (Å²) in [7, 11) is 0. The molecule has 0 amide bonds. The number of carbonyl (C=O) groups excluding carboxylic acids is 2. The highest BCUT2D eigenvalue weighted by molar-refractivity contribution is 5.85. The van der Waals surface area contributed by atoms with Crippen molar-refractivity contribution in [3.05, 3.63) is 41.7 Å². The molecule has 0 unspecified atom stereocenters. The summed E-state index contributed by atoms with van der Waals surface area (Å²) in [5.74, 6) is 1.37. The number of aryl methyl sites for hydroxylation is 2. The number of rotatable bonds is 6. The first-order valence-electron chi connectivity index (χ1n) is 9.25. The van der Waals surface area contributed by atoms with Gasteiger partial charge in [0, 0.05) is 17.8 Å². The quantitative estimate of drug-likeness (QED) is 0.656. The van der Waals surface area contributed by atoms with Crippen LogP contribution in [0.5, 0.6) is 0 Å². The van der Waals surface area contributed by atoms with Gasteiger partial charge in [-0.2, -0.15) is 4.98 Å². The van der Waals surface area contributed by atoms with Crippen LogP contribution in [0.3, 0.4) is 0 Å². The van der Waals surface area contributed by atoms with Gasteiger partial charge in [-0.15, -0.1) is 0 Å². The van der Waals surface area contributed by atoms with Gasteiger partial charge >= 0.3 is 0 Å². The molecular weight excluding hydrogens is 356 g/mol. The van der Waals surface area contributed by atoms with Crippen LogP contribution in [0, 0.1) is 0 Å². The fourth-order valence-electron chi connectivity index (χ4n) is 2.95. The Hall–Kier alpha value is -3.22. The molecule has 1 saturated carbocycles. The molecule has 7 nitrogen and oxygen atoms in total. The first-order chi connectivity index (χ1) is 13.8. The van der Waals surface area contributed by atoms with Crippen LogP contribution in [0.15, 0.2) is 34.9 Å². The summed E-state index contributed by atoms with van der Waals surface area (Å²) in [6.45, 7) is 8.37. The van der Waals surface area contributed by atoms with E-state index < -0.39 is 0 Å². The van der Waals surface area contributed by atoms with Gasteiger partial charge in [0.2, 0.25) is 5.95 Å². The molecular formula is C21H26N4O3. The number of anilines is 3. The zero-order valence-electron chi connectivity index (χ0n) is 16.3. The van der Waals surface area contributed by atoms with Gasteiger partial charge in [0.1, 0.15) is 19.1 Å². The van der Waals surface area contributed by atoms with E-state index in [2.05, 4.69) is 52.6 Å². The Morgan fingerprint density at radius 1 is 1.04 bits per heavy atom. The molecule has 7 heteroatoms. The Labute approximate surface area is 164 Å². The lowest BCUT2D eigenvalue weighted by Gasteiger charge is -2.11. The molecule has 3 aromatic rings. The van der Waals surface area contributed by atoms with Gasteiger partial charge in [0.05, 0.1) is 6.26 Å². The van der Waals surface area contributed by atoms with Gasteiger partial charge in [0.15, 0.2) is 11.4 Å². The molecule has 2 aromatic heterocycles. The number of nitrogens with zero attached hydrogens (tertiary/aromatic N) is 2. The fourth-order valence-corrected chi connectivity index (χ4v) is 2.95. The van der Waals surface area contributed by atoms with Gasteiger partial charge < -0.3 is 24.6 Å². The van der Waals surface area contributed by atoms with E-state index in [4.69, 9.17) is 14.0 Å². The van der Waals surface area contributed by atoms with Crippen LogP contribution in [0.1, 0.15) is 37.8 Å². The van der Waals surface area contributed by atoms with E-state index in [1.165, 1.54) is 24.0 Å². The van der Waals surface area contributed by atoms with Crippen LogP contribution in [0.4, 0.5) is 17.5 Å². The molecule has 2 N–H and O–H groups in total. The summed E-state index contributed by atoms with van der Waals surface area (Å²) in [5, 5.41) is 6.77. The van der Waals surface area contributed by atoms with Crippen LogP contribution in [0.2, 0.25) is 0 Å². The minimum Gasteiger partial charge on any atom is -0.459 e. The number of carbonyl (C=O) groups is 2. The Balaban J connectivity index is 0.000000660. The van der Waals surface area contributed by atoms with Crippen LogP contribution in [0.25, 0.3) is 11.1 Å². The molecule has 0 atom stereocenters. The summed E-state index contributed by atoms with van der Waals surface area (Å²) < 4.78 is 5.53. The highest BCUT2D eigenvalue weighted by atomic mass is 16.3. The molecule has 148 valence electrons. The molecule has 0 spiro atoms. The third-order valence-electron chi connectivity index (χ3n) is 4.45. The Morgan fingerprint density at radius 2 is 1.75 bits per heavy atom. The lowest BCUT2D eigenvalue weighted by atomic mass is 10.0. The molecule has 1 aromatic carbocycles. The molecule has 1 aliphatic rings. The van der Waals surface area contributed by atoms with Crippen molar-refractivity contribution < 1.29 is 14.0 Å². The monoisotopic (exact) mass is 382 g/mol. The van der Waals surface area contributed by atoms with E-state index in [0.717, 1.165) is 35.4 Å². The number of fused-ring (bicyclic) bond motifs is 1. The highest BCUT2D eigenvalue weighted by Crippen LogP contribution is 2.30. The Bertz CT molecular complexity index is 904. The van der Waals surface area contributed by atoms with Crippen LogP contribution in [-0.4, -0.2) is 29.6 Å². The summed E-state index contributed by atoms with van der Waals surface area (Å²) in [4.78, 5) is 25.2. The molecule has 0 bridgehead atoms. The van der Waals surface area contributed by atoms with Gasteiger partial charge in [-0.25, -0.2) is 4.98 Å². The molecule has 0 saturated heterocycles. The van der Waals surface area contributed by atoms with Crippen LogP contribution in [-0.2, 0) is 22.4 Å². The lowest BCUT2D eigenvalue weighted by molar-refractivity contribution is -0.0987. The second-order valence-electron chi connectivity index (χ2n) is 6.26. The minimum atomic E-state index is 0.511. The molecule has 4 rings (SSSR count). The summed E-state index contributed by atoms with van der Waals surface area (Å²) in [6, 6.07) is 8.85. The van der Waals surface area contributed by atoms with Gasteiger partial charge in [-0.1, -0.05) is 19.9 Å². The van der Waals surface area contributed by atoms with Crippen LogP contribution < -0.4 is 10.6 Å². The molecule has 1 aliphatic carbocycles. The number of furan rings is 1. The molecule has 0 aliphatic heterocycles. The predicted molar refractivity (Wildman–Crippen MR) is 111 cm³/mol. The fraction of sp³-hybridized carbons (Fsp3) is 0.333. The first kappa shape index (κ1) is 21.1. The average molecular weight is 382 g/mol. The predicted octanol–water partition coefficient (Wildman–Crippen LogP) is 4.30. The maximum Gasteiger partial charge on any atom is 0.229 e. The topological polar surface area (TPSA) is 97.1 Å². The summed E-state index contributed by atoms with van der Waals surface area (Å²) >= 11 is 0. The SMILES string of the molecule is C=O.C=O.CCc1ccc(Nc2nc(NC3CC3)c3occc3n2)cc1CC. The van der Waals surface area contributed by atoms with Gasteiger partial charge in [0.25, 0.3) is 0 Å². The zero-order chi connectivity index (χ0) is 20.5. The third kappa shape index (κ3) is 4.94. The lowest BCUT2D eigenvalue weighted by Crippen LogP contribution is -2.06. The maximum atomic E-state index is 8.00. The maximum absolute atomic E-state index is 8.00. The Kier molecular flexibility index (Phi) is 7.68. The van der Waals surface area contributed by atoms with Crippen molar-refractivity contribution in [2.75, 3.05) is 10.6 Å². The van der Waals surface area contributed by atoms with Crippen molar-refractivity contribution in [1.82, 2.24) is 9.97 Å². The van der Waals surface area contributed by atoms with Crippen LogP contribution >= 0.6 is 0 Å². The number of benzene rings is 1. The van der Waals surface area contributed by atoms with Gasteiger partial charge in [-0.3, -0.25) is 0 Å². The largest absolute Gasteiger partial charge is 0.459 e. The van der Waals surface area contributed by atoms with Crippen molar-refractivity contribution in [1.29, 1.82) is 0 Å². The van der Waals surface area contributed by atoms with E-state index in [0.29, 0.717) is 12.0 Å². The van der Waals surface area contributed by atoms with Gasteiger partial charge in [-0.05, 0) is 48.9 Å². The van der Waals surface area contributed by atoms with E-state index in [1.54, 1.807) is 6.26 Å². The molecule has 0 radical (unpaired) electrons. The standard InChI is InChI=1S/C19H22N4O.2CH2O/c1-3-12-5-6-15(11-13(12)4-2)21-19-22-16-9-10-24-17(16)18(23-19)20-14-7-8-14;2*1-2/h5-6,9-11,14H,3-4,7-8H2,1-2H3,(H2,20,21,22,23);2*1H2. The van der Waals surface area contributed by atoms with E-state index in [1.807, 2.05) is 19.6 Å². The number of hydrogen-bond acceptors (Lipinski definition) is 7. The zero-order valence-corrected chi connectivity index (χ0v) is 16.3.